The van der Waals surface area contributed by atoms with E-state index in [4.69, 9.17) is 4.74 Å². The maximum absolute atomic E-state index is 11.9. The van der Waals surface area contributed by atoms with Crippen molar-refractivity contribution < 1.29 is 19.4 Å². The minimum absolute atomic E-state index is 0.0636. The van der Waals surface area contributed by atoms with Crippen LogP contribution < -0.4 is 15.5 Å². The van der Waals surface area contributed by atoms with Gasteiger partial charge in [0, 0.05) is 19.4 Å². The van der Waals surface area contributed by atoms with Crippen molar-refractivity contribution in [3.63, 3.8) is 0 Å². The van der Waals surface area contributed by atoms with Crippen LogP contribution in [-0.2, 0) is 16.0 Å². The molecule has 2 aromatic rings. The minimum atomic E-state index is -0.197. The molecular weight excluding hydrogens is 346 g/mol. The van der Waals surface area contributed by atoms with Gasteiger partial charge in [-0.05, 0) is 53.9 Å². The lowest BCUT2D eigenvalue weighted by Crippen LogP contribution is -2.30. The number of phenolic OH excluding ortho intramolecular Hbond substituents is 1. The minimum Gasteiger partial charge on any atom is -0.508 e. The number of ether oxygens (including phenoxy) is 1. The number of nitrogens with zero attached hydrogens (tertiary/aromatic N) is 1. The van der Waals surface area contributed by atoms with E-state index in [0.29, 0.717) is 31.6 Å². The first kappa shape index (κ1) is 18.4. The molecular formula is C20H21N3O4. The van der Waals surface area contributed by atoms with Crippen LogP contribution in [0.3, 0.4) is 0 Å². The molecule has 2 amide bonds. The van der Waals surface area contributed by atoms with E-state index in [2.05, 4.69) is 15.8 Å². The summed E-state index contributed by atoms with van der Waals surface area (Å²) in [4.78, 5) is 23.0. The fourth-order valence-corrected chi connectivity index (χ4v) is 2.63. The van der Waals surface area contributed by atoms with Crippen LogP contribution in [0.25, 0.3) is 0 Å². The van der Waals surface area contributed by atoms with Gasteiger partial charge in [0.25, 0.3) is 5.91 Å². The number of amides is 2. The second-order valence-electron chi connectivity index (χ2n) is 6.17. The van der Waals surface area contributed by atoms with Crippen LogP contribution in [0.1, 0.15) is 24.0 Å². The Bertz CT molecular complexity index is 829. The van der Waals surface area contributed by atoms with Gasteiger partial charge in [-0.25, -0.2) is 5.43 Å². The van der Waals surface area contributed by atoms with Crippen molar-refractivity contribution in [3.05, 3.63) is 59.7 Å². The Hall–Kier alpha value is -3.35. The molecule has 0 spiro atoms. The molecule has 0 atom stereocenters. The van der Waals surface area contributed by atoms with E-state index < -0.39 is 0 Å². The lowest BCUT2D eigenvalue weighted by atomic mass is 10.0. The number of nitrogens with one attached hydrogen (secondary N) is 2. The average molecular weight is 367 g/mol. The van der Waals surface area contributed by atoms with Gasteiger partial charge in [-0.15, -0.1) is 0 Å². The van der Waals surface area contributed by atoms with Crippen LogP contribution in [0.15, 0.2) is 53.6 Å². The number of carbonyl (C=O) groups is 2. The molecule has 0 bridgehead atoms. The number of benzene rings is 2. The Labute approximate surface area is 157 Å². The molecule has 0 saturated heterocycles. The molecule has 1 aliphatic rings. The zero-order valence-electron chi connectivity index (χ0n) is 14.8. The molecule has 1 aliphatic heterocycles. The first-order valence-corrected chi connectivity index (χ1v) is 8.73. The average Bonchev–Trinajstić information content (AvgIpc) is 2.69. The third-order valence-electron chi connectivity index (χ3n) is 4.13. The van der Waals surface area contributed by atoms with E-state index in [1.54, 1.807) is 24.3 Å². The van der Waals surface area contributed by atoms with E-state index in [0.717, 1.165) is 16.8 Å². The molecule has 27 heavy (non-hydrogen) atoms. The predicted molar refractivity (Wildman–Crippen MR) is 101 cm³/mol. The summed E-state index contributed by atoms with van der Waals surface area (Å²) < 4.78 is 5.49. The van der Waals surface area contributed by atoms with Crippen LogP contribution in [0.2, 0.25) is 0 Å². The molecule has 0 aromatic heterocycles. The van der Waals surface area contributed by atoms with Crippen molar-refractivity contribution in [2.24, 2.45) is 5.10 Å². The Morgan fingerprint density at radius 1 is 1.11 bits per heavy atom. The van der Waals surface area contributed by atoms with Crippen molar-refractivity contribution in [2.45, 2.75) is 19.3 Å². The van der Waals surface area contributed by atoms with E-state index in [1.165, 1.54) is 0 Å². The maximum atomic E-state index is 11.9. The largest absolute Gasteiger partial charge is 0.508 e. The molecule has 0 unspecified atom stereocenters. The summed E-state index contributed by atoms with van der Waals surface area (Å²) in [7, 11) is 0. The second-order valence-corrected chi connectivity index (χ2v) is 6.17. The monoisotopic (exact) mass is 367 g/mol. The highest BCUT2D eigenvalue weighted by Crippen LogP contribution is 2.16. The zero-order chi connectivity index (χ0) is 19.1. The highest BCUT2D eigenvalue weighted by atomic mass is 16.5. The number of rotatable bonds is 7. The lowest BCUT2D eigenvalue weighted by molar-refractivity contribution is -0.123. The first-order valence-electron chi connectivity index (χ1n) is 8.73. The Morgan fingerprint density at radius 2 is 1.85 bits per heavy atom. The van der Waals surface area contributed by atoms with Gasteiger partial charge in [0.2, 0.25) is 5.91 Å². The molecule has 0 radical (unpaired) electrons. The maximum Gasteiger partial charge on any atom is 0.257 e. The fraction of sp³-hybridized carbons (Fsp3) is 0.250. The third kappa shape index (κ3) is 5.57. The Balaban J connectivity index is 1.41. The number of phenols is 1. The molecule has 0 saturated carbocycles. The van der Waals surface area contributed by atoms with E-state index in [-0.39, 0.29) is 24.2 Å². The fourth-order valence-electron chi connectivity index (χ4n) is 2.63. The van der Waals surface area contributed by atoms with Crippen molar-refractivity contribution in [1.82, 2.24) is 10.7 Å². The summed E-state index contributed by atoms with van der Waals surface area (Å²) in [6.45, 7) is 0.434. The van der Waals surface area contributed by atoms with Crippen LogP contribution in [0.4, 0.5) is 0 Å². The number of carbonyl (C=O) groups excluding carboxylic acids is 2. The molecule has 1 heterocycles. The molecule has 3 N–H and O–H groups in total. The lowest BCUT2D eigenvalue weighted by Gasteiger charge is -2.12. The summed E-state index contributed by atoms with van der Waals surface area (Å²) in [6.07, 6.45) is 1.72. The van der Waals surface area contributed by atoms with Gasteiger partial charge in [0.15, 0.2) is 6.61 Å². The van der Waals surface area contributed by atoms with Gasteiger partial charge < -0.3 is 15.2 Å². The summed E-state index contributed by atoms with van der Waals surface area (Å²) in [6, 6.07) is 14.1. The van der Waals surface area contributed by atoms with Crippen molar-refractivity contribution in [3.8, 4) is 11.5 Å². The molecule has 140 valence electrons. The van der Waals surface area contributed by atoms with Crippen LogP contribution >= 0.6 is 0 Å². The molecule has 0 fully saturated rings. The highest BCUT2D eigenvalue weighted by molar-refractivity contribution is 6.04. The number of hydrazone groups is 1. The molecule has 2 aromatic carbocycles. The standard InChI is InChI=1S/C20H21N3O4/c24-16-5-1-14(2-6-16)11-12-21-20(26)13-27-17-7-3-15(4-8-17)18-9-10-19(25)23-22-18/h1-8,24H,9-13H2,(H,21,26)(H,23,25). The number of aromatic hydroxyl groups is 1. The van der Waals surface area contributed by atoms with Crippen LogP contribution in [-0.4, -0.2) is 35.8 Å². The van der Waals surface area contributed by atoms with Gasteiger partial charge in [-0.2, -0.15) is 5.10 Å². The highest BCUT2D eigenvalue weighted by Gasteiger charge is 2.13. The quantitative estimate of drug-likeness (QED) is 0.694. The summed E-state index contributed by atoms with van der Waals surface area (Å²) in [5, 5.41) is 16.1. The third-order valence-corrected chi connectivity index (χ3v) is 4.13. The molecule has 7 nitrogen and oxygen atoms in total. The predicted octanol–water partition coefficient (Wildman–Crippen LogP) is 1.74. The van der Waals surface area contributed by atoms with Crippen LogP contribution in [0, 0.1) is 0 Å². The molecule has 0 aliphatic carbocycles. The van der Waals surface area contributed by atoms with E-state index in [1.807, 2.05) is 24.3 Å². The first-order chi connectivity index (χ1) is 13.1. The summed E-state index contributed by atoms with van der Waals surface area (Å²) >= 11 is 0. The van der Waals surface area contributed by atoms with Gasteiger partial charge in [-0.3, -0.25) is 9.59 Å². The molecule has 3 rings (SSSR count). The van der Waals surface area contributed by atoms with Gasteiger partial charge >= 0.3 is 0 Å². The van der Waals surface area contributed by atoms with Crippen molar-refractivity contribution >= 4 is 17.5 Å². The Kier molecular flexibility index (Phi) is 6.04. The van der Waals surface area contributed by atoms with Crippen molar-refractivity contribution in [2.75, 3.05) is 13.2 Å². The molecule has 7 heteroatoms. The Morgan fingerprint density at radius 3 is 2.52 bits per heavy atom. The van der Waals surface area contributed by atoms with E-state index in [9.17, 15) is 14.7 Å². The number of hydrogen-bond donors (Lipinski definition) is 3. The van der Waals surface area contributed by atoms with Gasteiger partial charge in [-0.1, -0.05) is 12.1 Å². The smallest absolute Gasteiger partial charge is 0.257 e. The normalized spacial score (nSPS) is 13.5. The van der Waals surface area contributed by atoms with Crippen molar-refractivity contribution in [1.29, 1.82) is 0 Å². The van der Waals surface area contributed by atoms with E-state index >= 15 is 0 Å². The summed E-state index contributed by atoms with van der Waals surface area (Å²) in [5.74, 6) is 0.544. The topological polar surface area (TPSA) is 100 Å². The van der Waals surface area contributed by atoms with Crippen LogP contribution in [0.5, 0.6) is 11.5 Å². The summed E-state index contributed by atoms with van der Waals surface area (Å²) in [5.41, 5.74) is 5.25. The zero-order valence-corrected chi connectivity index (χ0v) is 14.8. The SMILES string of the molecule is O=C(COc1ccc(C2=NNC(=O)CC2)cc1)NCCc1ccc(O)cc1. The number of hydrogen-bond acceptors (Lipinski definition) is 5. The second kappa shape index (κ2) is 8.84. The van der Waals surface area contributed by atoms with Gasteiger partial charge in [0.1, 0.15) is 11.5 Å². The van der Waals surface area contributed by atoms with Gasteiger partial charge in [0.05, 0.1) is 5.71 Å².